The first-order chi connectivity index (χ1) is 31.1. The molecule has 0 bridgehead atoms. The second-order valence-corrected chi connectivity index (χ2v) is 21.5. The smallest absolute Gasteiger partial charge is 0.408 e. The number of methoxy groups -OCH3 is 1. The van der Waals surface area contributed by atoms with E-state index in [1.807, 2.05) is 63.3 Å². The summed E-state index contributed by atoms with van der Waals surface area (Å²) in [5, 5.41) is 6.63. The van der Waals surface area contributed by atoms with Gasteiger partial charge in [-0.05, 0) is 137 Å². The second-order valence-electron chi connectivity index (χ2n) is 19.6. The van der Waals surface area contributed by atoms with Crippen molar-refractivity contribution < 1.29 is 46.5 Å². The largest absolute Gasteiger partial charge is 0.497 e. The number of fused-ring (bicyclic) bond motifs is 4. The van der Waals surface area contributed by atoms with Crippen LogP contribution < -0.4 is 29.6 Å². The first kappa shape index (κ1) is 44.7. The standard InChI is InChI=1S/C48H60N6O10S/c1-26(2)62-34-11-15-39(49-24-34)40-21-31-20-33(61-5)10-14-38(31)44(50-40)63-36-22-41-43(55)52-48(46(57)53-65(59,60)37-12-13-37)23-32(48)9-7-6-8-27(3)16-28(4)42(45(56)54(41)25-36)51-47(58)64-35-18-29-17-30(29)19-35/h7,9-11,14-15,20-21,24,26-30,32,35-37,41-42H,6,8,12-13,16-19,22-23,25H2,1-5H3,(H,51,58)(H,52,55)(H,53,57)/b9-7-/t27-,28-,29-,30+,32?,35?,36-,41+,42+,48-/m1/s1. The third-order valence-electron chi connectivity index (χ3n) is 14.0. The Labute approximate surface area is 380 Å². The maximum absolute atomic E-state index is 15.1. The molecule has 16 nitrogen and oxygen atoms in total. The van der Waals surface area contributed by atoms with E-state index in [0.717, 1.165) is 31.1 Å². The van der Waals surface area contributed by atoms with E-state index in [0.29, 0.717) is 65.8 Å². The van der Waals surface area contributed by atoms with Crippen LogP contribution in [0.3, 0.4) is 0 Å². The van der Waals surface area contributed by atoms with E-state index in [-0.39, 0.29) is 49.3 Å². The SMILES string of the molecule is COc1ccc2c(O[C@@H]3C[C@H]4C(=O)N[C@]5(C(=O)NS(=O)(=O)C6CC6)CC5/C=C\CC[C@@H](C)C[C@@H](C)[C@H](NC(=O)OC5C[C@@H]6C[C@@H]6C5)C(=O)N4C3)nc(-c3ccc(OC(C)C)cn3)cc2c1. The van der Waals surface area contributed by atoms with E-state index in [9.17, 15) is 22.8 Å². The molecule has 4 saturated carbocycles. The average molecular weight is 913 g/mol. The molecule has 5 fully saturated rings. The van der Waals surface area contributed by atoms with Crippen LogP contribution in [-0.2, 0) is 29.1 Å². The van der Waals surface area contributed by atoms with Gasteiger partial charge in [-0.15, -0.1) is 0 Å². The summed E-state index contributed by atoms with van der Waals surface area (Å²) >= 11 is 0. The minimum atomic E-state index is -3.93. The molecule has 2 unspecified atom stereocenters. The lowest BCUT2D eigenvalue weighted by molar-refractivity contribution is -0.142. The summed E-state index contributed by atoms with van der Waals surface area (Å²) in [5.74, 6) is 0.0667. The Bertz CT molecular complexity index is 2470. The Morgan fingerprint density at radius 1 is 0.938 bits per heavy atom. The highest BCUT2D eigenvalue weighted by Crippen LogP contribution is 2.52. The summed E-state index contributed by atoms with van der Waals surface area (Å²) in [6.07, 6.45) is 9.75. The summed E-state index contributed by atoms with van der Waals surface area (Å²) in [6, 6.07) is 8.79. The molecule has 2 aliphatic heterocycles. The Hall–Kier alpha value is -5.45. The number of sulfonamides is 1. The number of rotatable bonds is 11. The Kier molecular flexibility index (Phi) is 12.2. The monoisotopic (exact) mass is 912 g/mol. The number of hydrogen-bond acceptors (Lipinski definition) is 12. The van der Waals surface area contributed by atoms with Crippen LogP contribution in [0.4, 0.5) is 4.79 Å². The number of allylic oxidation sites excluding steroid dienone is 1. The van der Waals surface area contributed by atoms with Gasteiger partial charge in [0.2, 0.25) is 27.7 Å². The molecule has 9 rings (SSSR count). The molecular weight excluding hydrogens is 853 g/mol. The molecule has 4 heterocycles. The fourth-order valence-corrected chi connectivity index (χ4v) is 11.5. The highest BCUT2D eigenvalue weighted by molar-refractivity contribution is 7.91. The number of aromatic nitrogens is 2. The van der Waals surface area contributed by atoms with Crippen molar-refractivity contribution in [3.05, 3.63) is 54.7 Å². The Morgan fingerprint density at radius 3 is 2.42 bits per heavy atom. The number of alkyl carbamates (subject to hydrolysis) is 1. The fourth-order valence-electron chi connectivity index (χ4n) is 10.1. The van der Waals surface area contributed by atoms with Gasteiger partial charge in [0.05, 0.1) is 42.6 Å². The highest BCUT2D eigenvalue weighted by Gasteiger charge is 2.62. The van der Waals surface area contributed by atoms with Crippen molar-refractivity contribution in [3.8, 4) is 28.8 Å². The molecule has 6 aliphatic rings. The van der Waals surface area contributed by atoms with Crippen molar-refractivity contribution in [3.63, 3.8) is 0 Å². The predicted molar refractivity (Wildman–Crippen MR) is 240 cm³/mol. The highest BCUT2D eigenvalue weighted by atomic mass is 32.2. The molecule has 3 aromatic rings. The second kappa shape index (κ2) is 17.7. The molecule has 0 radical (unpaired) electrons. The van der Waals surface area contributed by atoms with E-state index in [2.05, 4.69) is 27.3 Å². The van der Waals surface area contributed by atoms with E-state index < -0.39 is 68.7 Å². The van der Waals surface area contributed by atoms with Crippen LogP contribution in [-0.4, -0.2) is 102 Å². The van der Waals surface area contributed by atoms with Gasteiger partial charge in [-0.25, -0.2) is 18.2 Å². The van der Waals surface area contributed by atoms with Gasteiger partial charge < -0.3 is 34.5 Å². The van der Waals surface area contributed by atoms with Crippen LogP contribution >= 0.6 is 0 Å². The average Bonchev–Trinajstić information content (AvgIpc) is 4.23. The molecule has 4 aliphatic carbocycles. The number of nitrogens with zero attached hydrogens (tertiary/aromatic N) is 3. The normalized spacial score (nSPS) is 31.6. The molecule has 3 N–H and O–H groups in total. The summed E-state index contributed by atoms with van der Waals surface area (Å²) < 4.78 is 52.4. The summed E-state index contributed by atoms with van der Waals surface area (Å²) in [7, 11) is -2.35. The number of amides is 4. The molecule has 348 valence electrons. The minimum Gasteiger partial charge on any atom is -0.497 e. The van der Waals surface area contributed by atoms with Crippen LogP contribution in [0, 0.1) is 29.6 Å². The van der Waals surface area contributed by atoms with Crippen molar-refractivity contribution in [1.82, 2.24) is 30.2 Å². The van der Waals surface area contributed by atoms with Crippen molar-refractivity contribution in [2.45, 2.75) is 133 Å². The zero-order chi connectivity index (χ0) is 45.8. The van der Waals surface area contributed by atoms with Gasteiger partial charge in [-0.1, -0.05) is 26.0 Å². The number of carbonyl (C=O) groups is 4. The third kappa shape index (κ3) is 9.75. The number of pyridine rings is 2. The fraction of sp³-hybridized carbons (Fsp3) is 0.583. The number of nitrogens with one attached hydrogen (secondary N) is 3. The van der Waals surface area contributed by atoms with Crippen LogP contribution in [0.25, 0.3) is 22.2 Å². The summed E-state index contributed by atoms with van der Waals surface area (Å²) in [6.45, 7) is 7.84. The van der Waals surface area contributed by atoms with Gasteiger partial charge in [-0.3, -0.25) is 24.1 Å². The van der Waals surface area contributed by atoms with Crippen LogP contribution in [0.15, 0.2) is 54.7 Å². The third-order valence-corrected chi connectivity index (χ3v) is 15.8. The summed E-state index contributed by atoms with van der Waals surface area (Å²) in [4.78, 5) is 68.6. The zero-order valence-corrected chi connectivity index (χ0v) is 38.5. The molecule has 4 amide bonds. The van der Waals surface area contributed by atoms with Crippen molar-refractivity contribution in [2.75, 3.05) is 13.7 Å². The van der Waals surface area contributed by atoms with Gasteiger partial charge in [0.25, 0.3) is 5.91 Å². The topological polar surface area (TPSA) is 204 Å². The predicted octanol–water partition coefficient (Wildman–Crippen LogP) is 5.83. The molecule has 1 aromatic carbocycles. The minimum absolute atomic E-state index is 0.00595. The van der Waals surface area contributed by atoms with E-state index in [4.69, 9.17) is 23.9 Å². The lowest BCUT2D eigenvalue weighted by atomic mass is 9.88. The van der Waals surface area contributed by atoms with Gasteiger partial charge in [-0.2, -0.15) is 0 Å². The van der Waals surface area contributed by atoms with Crippen molar-refractivity contribution in [2.24, 2.45) is 29.6 Å². The number of carbonyl (C=O) groups excluding carboxylic acids is 4. The van der Waals surface area contributed by atoms with Gasteiger partial charge in [0, 0.05) is 17.7 Å². The van der Waals surface area contributed by atoms with Gasteiger partial charge in [0.1, 0.15) is 41.3 Å². The number of ether oxygens (including phenoxy) is 4. The number of benzene rings is 1. The van der Waals surface area contributed by atoms with Crippen molar-refractivity contribution in [1.29, 1.82) is 0 Å². The van der Waals surface area contributed by atoms with Crippen LogP contribution in [0.5, 0.6) is 17.4 Å². The van der Waals surface area contributed by atoms with Gasteiger partial charge in [0.15, 0.2) is 0 Å². The van der Waals surface area contributed by atoms with Crippen LogP contribution in [0.1, 0.15) is 91.9 Å². The van der Waals surface area contributed by atoms with Crippen molar-refractivity contribution >= 4 is 44.6 Å². The van der Waals surface area contributed by atoms with Gasteiger partial charge >= 0.3 is 6.09 Å². The maximum Gasteiger partial charge on any atom is 0.408 e. The summed E-state index contributed by atoms with van der Waals surface area (Å²) in [5.41, 5.74) is -0.478. The number of hydrogen-bond donors (Lipinski definition) is 3. The molecule has 2 aromatic heterocycles. The zero-order valence-electron chi connectivity index (χ0n) is 37.7. The molecule has 17 heteroatoms. The lowest BCUT2D eigenvalue weighted by Gasteiger charge is -2.33. The quantitative estimate of drug-likeness (QED) is 0.195. The Balaban J connectivity index is 1.05. The first-order valence-corrected chi connectivity index (χ1v) is 24.7. The lowest BCUT2D eigenvalue weighted by Crippen LogP contribution is -2.59. The van der Waals surface area contributed by atoms with Crippen LogP contribution in [0.2, 0.25) is 0 Å². The van der Waals surface area contributed by atoms with E-state index in [1.54, 1.807) is 19.4 Å². The molecular formula is C48H60N6O10S. The molecule has 0 spiro atoms. The molecule has 10 atom stereocenters. The molecule has 65 heavy (non-hydrogen) atoms. The maximum atomic E-state index is 15.1. The Morgan fingerprint density at radius 2 is 1.71 bits per heavy atom. The first-order valence-electron chi connectivity index (χ1n) is 23.2. The van der Waals surface area contributed by atoms with E-state index in [1.165, 1.54) is 4.90 Å². The molecule has 1 saturated heterocycles. The van der Waals surface area contributed by atoms with E-state index >= 15 is 4.79 Å².